The first-order valence-corrected chi connectivity index (χ1v) is 7.55. The van der Waals surface area contributed by atoms with E-state index in [-0.39, 0.29) is 5.78 Å². The molecule has 0 aliphatic rings. The molecule has 0 unspecified atom stereocenters. The van der Waals surface area contributed by atoms with Crippen LogP contribution in [0.5, 0.6) is 0 Å². The standard InChI is InChI=1S/C18H26O3/c1-6-7-8-9-15(10-11-18(4,5)20)17-12-16(13(2)19)14(3)21-17/h11-12,20H,6-9H2,1-5H3. The molecule has 0 aliphatic heterocycles. The minimum atomic E-state index is -0.916. The molecule has 116 valence electrons. The van der Waals surface area contributed by atoms with E-state index in [9.17, 15) is 9.90 Å². The molecule has 3 nitrogen and oxygen atoms in total. The highest BCUT2D eigenvalue weighted by Crippen LogP contribution is 2.26. The Hall–Kier alpha value is -1.57. The number of ketones is 1. The SMILES string of the molecule is CCCCCC(=C=CC(C)(C)O)c1cc(C(C)=O)c(C)o1. The van der Waals surface area contributed by atoms with E-state index in [0.717, 1.165) is 31.3 Å². The second-order valence-electron chi connectivity index (χ2n) is 6.01. The Bertz CT molecular complexity index is 550. The number of carbonyl (C=O) groups excluding carboxylic acids is 1. The molecule has 0 saturated carbocycles. The van der Waals surface area contributed by atoms with E-state index in [1.165, 1.54) is 6.92 Å². The molecular weight excluding hydrogens is 264 g/mol. The molecule has 0 aliphatic carbocycles. The maximum absolute atomic E-state index is 11.5. The van der Waals surface area contributed by atoms with Crippen LogP contribution in [0.1, 0.15) is 75.3 Å². The first-order valence-electron chi connectivity index (χ1n) is 7.55. The minimum absolute atomic E-state index is 0.00174. The number of carbonyl (C=O) groups is 1. The van der Waals surface area contributed by atoms with Gasteiger partial charge in [-0.3, -0.25) is 4.79 Å². The van der Waals surface area contributed by atoms with E-state index < -0.39 is 5.60 Å². The first-order chi connectivity index (χ1) is 9.74. The zero-order chi connectivity index (χ0) is 16.0. The van der Waals surface area contributed by atoms with E-state index in [0.29, 0.717) is 17.1 Å². The van der Waals surface area contributed by atoms with Crippen LogP contribution in [0.4, 0.5) is 0 Å². The van der Waals surface area contributed by atoms with Crippen LogP contribution in [0.3, 0.4) is 0 Å². The summed E-state index contributed by atoms with van der Waals surface area (Å²) < 4.78 is 5.71. The van der Waals surface area contributed by atoms with Gasteiger partial charge in [-0.05, 0) is 52.7 Å². The van der Waals surface area contributed by atoms with Gasteiger partial charge in [-0.25, -0.2) is 0 Å². The summed E-state index contributed by atoms with van der Waals surface area (Å²) >= 11 is 0. The molecule has 0 amide bonds. The summed E-state index contributed by atoms with van der Waals surface area (Å²) in [4.78, 5) is 11.5. The molecule has 1 rings (SSSR count). The van der Waals surface area contributed by atoms with Crippen LogP contribution >= 0.6 is 0 Å². The summed E-state index contributed by atoms with van der Waals surface area (Å²) in [5, 5.41) is 9.82. The largest absolute Gasteiger partial charge is 0.460 e. The highest BCUT2D eigenvalue weighted by atomic mass is 16.3. The van der Waals surface area contributed by atoms with Crippen LogP contribution in [0, 0.1) is 6.92 Å². The van der Waals surface area contributed by atoms with Crippen molar-refractivity contribution >= 4 is 11.4 Å². The van der Waals surface area contributed by atoms with Crippen molar-refractivity contribution in [2.45, 2.75) is 65.9 Å². The molecule has 0 saturated heterocycles. The summed E-state index contributed by atoms with van der Waals surface area (Å²) in [5.74, 6) is 1.31. The molecule has 0 radical (unpaired) electrons. The third kappa shape index (κ3) is 5.74. The molecule has 3 heteroatoms. The predicted molar refractivity (Wildman–Crippen MR) is 85.4 cm³/mol. The van der Waals surface area contributed by atoms with Gasteiger partial charge < -0.3 is 9.52 Å². The van der Waals surface area contributed by atoms with Gasteiger partial charge in [0.05, 0.1) is 11.2 Å². The van der Waals surface area contributed by atoms with Crippen molar-refractivity contribution in [3.63, 3.8) is 0 Å². The lowest BCUT2D eigenvalue weighted by Crippen LogP contribution is -2.13. The number of hydrogen-bond acceptors (Lipinski definition) is 3. The normalized spacial score (nSPS) is 11.1. The number of furan rings is 1. The number of aliphatic hydroxyl groups is 1. The van der Waals surface area contributed by atoms with Crippen LogP contribution in [0.25, 0.3) is 5.57 Å². The Kier molecular flexibility index (Phi) is 6.19. The van der Waals surface area contributed by atoms with Crippen molar-refractivity contribution in [2.75, 3.05) is 0 Å². The second kappa shape index (κ2) is 7.44. The molecule has 21 heavy (non-hydrogen) atoms. The summed E-state index contributed by atoms with van der Waals surface area (Å²) in [6, 6.07) is 1.78. The van der Waals surface area contributed by atoms with Gasteiger partial charge in [0.1, 0.15) is 11.5 Å². The molecule has 0 aromatic carbocycles. The number of hydrogen-bond donors (Lipinski definition) is 1. The molecule has 0 fully saturated rings. The van der Waals surface area contributed by atoms with Crippen LogP contribution in [-0.4, -0.2) is 16.5 Å². The predicted octanol–water partition coefficient (Wildman–Crippen LogP) is 4.68. The van der Waals surface area contributed by atoms with Crippen molar-refractivity contribution in [3.8, 4) is 0 Å². The lowest BCUT2D eigenvalue weighted by atomic mass is 10.0. The third-order valence-corrected chi connectivity index (χ3v) is 3.22. The summed E-state index contributed by atoms with van der Waals surface area (Å²) in [7, 11) is 0. The Morgan fingerprint density at radius 1 is 1.43 bits per heavy atom. The van der Waals surface area contributed by atoms with Crippen molar-refractivity contribution in [2.24, 2.45) is 0 Å². The Morgan fingerprint density at radius 2 is 2.10 bits per heavy atom. The zero-order valence-corrected chi connectivity index (χ0v) is 13.7. The van der Waals surface area contributed by atoms with Gasteiger partial charge in [0.15, 0.2) is 5.78 Å². The number of Topliss-reactive ketones (excluding diaryl/α,β-unsaturated/α-hetero) is 1. The summed E-state index contributed by atoms with van der Waals surface area (Å²) in [6.45, 7) is 8.90. The van der Waals surface area contributed by atoms with Crippen molar-refractivity contribution < 1.29 is 14.3 Å². The van der Waals surface area contributed by atoms with E-state index in [2.05, 4.69) is 12.7 Å². The molecular formula is C18H26O3. The molecule has 1 aromatic heterocycles. The van der Waals surface area contributed by atoms with Gasteiger partial charge in [-0.1, -0.05) is 19.8 Å². The van der Waals surface area contributed by atoms with Gasteiger partial charge in [-0.2, -0.15) is 0 Å². The molecule has 1 N–H and O–H groups in total. The van der Waals surface area contributed by atoms with E-state index in [1.54, 1.807) is 32.9 Å². The summed E-state index contributed by atoms with van der Waals surface area (Å²) in [6.07, 6.45) is 5.77. The molecule has 1 heterocycles. The fraction of sp³-hybridized carbons (Fsp3) is 0.556. The first kappa shape index (κ1) is 17.5. The highest BCUT2D eigenvalue weighted by Gasteiger charge is 2.14. The Balaban J connectivity index is 3.15. The lowest BCUT2D eigenvalue weighted by molar-refractivity contribution is 0.101. The average molecular weight is 290 g/mol. The molecule has 0 atom stereocenters. The van der Waals surface area contributed by atoms with Crippen molar-refractivity contribution in [1.29, 1.82) is 0 Å². The average Bonchev–Trinajstić information content (AvgIpc) is 2.74. The number of aryl methyl sites for hydroxylation is 1. The van der Waals surface area contributed by atoms with Crippen LogP contribution < -0.4 is 0 Å². The van der Waals surface area contributed by atoms with Gasteiger partial charge in [0, 0.05) is 5.57 Å². The van der Waals surface area contributed by atoms with Crippen LogP contribution in [0.15, 0.2) is 22.3 Å². The second-order valence-corrected chi connectivity index (χ2v) is 6.01. The fourth-order valence-electron chi connectivity index (χ4n) is 2.06. The minimum Gasteiger partial charge on any atom is -0.460 e. The van der Waals surface area contributed by atoms with E-state index >= 15 is 0 Å². The Morgan fingerprint density at radius 3 is 2.57 bits per heavy atom. The topological polar surface area (TPSA) is 50.4 Å². The van der Waals surface area contributed by atoms with E-state index in [4.69, 9.17) is 4.42 Å². The number of unbranched alkanes of at least 4 members (excludes halogenated alkanes) is 2. The third-order valence-electron chi connectivity index (χ3n) is 3.22. The maximum Gasteiger partial charge on any atom is 0.163 e. The Labute approximate surface area is 127 Å². The quantitative estimate of drug-likeness (QED) is 0.450. The van der Waals surface area contributed by atoms with Crippen molar-refractivity contribution in [1.82, 2.24) is 0 Å². The highest BCUT2D eigenvalue weighted by molar-refractivity contribution is 5.95. The fourth-order valence-corrected chi connectivity index (χ4v) is 2.06. The molecule has 1 aromatic rings. The van der Waals surface area contributed by atoms with Gasteiger partial charge in [0.2, 0.25) is 0 Å². The molecule has 0 bridgehead atoms. The summed E-state index contributed by atoms with van der Waals surface area (Å²) in [5.41, 5.74) is 3.75. The molecule has 0 spiro atoms. The van der Waals surface area contributed by atoms with Gasteiger partial charge in [0.25, 0.3) is 0 Å². The van der Waals surface area contributed by atoms with Crippen molar-refractivity contribution in [3.05, 3.63) is 35.0 Å². The van der Waals surface area contributed by atoms with Crippen LogP contribution in [0.2, 0.25) is 0 Å². The number of rotatable bonds is 7. The van der Waals surface area contributed by atoms with Gasteiger partial charge in [-0.15, -0.1) is 5.73 Å². The van der Waals surface area contributed by atoms with E-state index in [1.807, 2.05) is 0 Å². The monoisotopic (exact) mass is 290 g/mol. The van der Waals surface area contributed by atoms with Gasteiger partial charge >= 0.3 is 0 Å². The zero-order valence-electron chi connectivity index (χ0n) is 13.7. The van der Waals surface area contributed by atoms with Crippen LogP contribution in [-0.2, 0) is 0 Å². The lowest BCUT2D eigenvalue weighted by Gasteiger charge is -2.08. The smallest absolute Gasteiger partial charge is 0.163 e. The maximum atomic E-state index is 11.5.